The SMILES string of the molecule is CCOC(Cc1ccc(OCCc2cnc3ccccc3c2)cc1)C(=O)O. The standard InChI is InChI=1S/C22H23NO4/c1-2-26-21(22(24)25)14-16-7-9-19(10-8-16)27-12-11-17-13-18-5-3-4-6-20(18)23-15-17/h3-10,13,15,21H,2,11-12,14H2,1H3,(H,24,25). The van der Waals surface area contributed by atoms with Crippen LogP contribution < -0.4 is 4.74 Å². The summed E-state index contributed by atoms with van der Waals surface area (Å²) in [4.78, 5) is 15.6. The third-order valence-electron chi connectivity index (χ3n) is 4.29. The van der Waals surface area contributed by atoms with Crippen molar-refractivity contribution in [2.45, 2.75) is 25.9 Å². The average Bonchev–Trinajstić information content (AvgIpc) is 2.69. The van der Waals surface area contributed by atoms with Gasteiger partial charge >= 0.3 is 5.97 Å². The van der Waals surface area contributed by atoms with Gasteiger partial charge in [-0.1, -0.05) is 30.3 Å². The molecule has 5 heteroatoms. The van der Waals surface area contributed by atoms with Crippen molar-refractivity contribution in [1.29, 1.82) is 0 Å². The van der Waals surface area contributed by atoms with Crippen LogP contribution in [0, 0.1) is 0 Å². The maximum Gasteiger partial charge on any atom is 0.333 e. The van der Waals surface area contributed by atoms with Crippen molar-refractivity contribution < 1.29 is 19.4 Å². The molecular formula is C22H23NO4. The largest absolute Gasteiger partial charge is 0.493 e. The zero-order valence-corrected chi connectivity index (χ0v) is 15.3. The van der Waals surface area contributed by atoms with Gasteiger partial charge in [0.1, 0.15) is 5.75 Å². The van der Waals surface area contributed by atoms with Gasteiger partial charge in [0.15, 0.2) is 6.10 Å². The number of aliphatic carboxylic acids is 1. The van der Waals surface area contributed by atoms with Gasteiger partial charge in [-0.05, 0) is 42.3 Å². The molecule has 1 unspecified atom stereocenters. The van der Waals surface area contributed by atoms with E-state index in [1.165, 1.54) is 0 Å². The van der Waals surface area contributed by atoms with Gasteiger partial charge in [-0.15, -0.1) is 0 Å². The monoisotopic (exact) mass is 365 g/mol. The van der Waals surface area contributed by atoms with Crippen LogP contribution >= 0.6 is 0 Å². The second-order valence-corrected chi connectivity index (χ2v) is 6.27. The van der Waals surface area contributed by atoms with Crippen LogP contribution in [0.25, 0.3) is 10.9 Å². The van der Waals surface area contributed by atoms with E-state index in [-0.39, 0.29) is 0 Å². The predicted molar refractivity (Wildman–Crippen MR) is 104 cm³/mol. The van der Waals surface area contributed by atoms with Crippen LogP contribution in [-0.2, 0) is 22.4 Å². The first kappa shape index (κ1) is 18.9. The number of benzene rings is 2. The summed E-state index contributed by atoms with van der Waals surface area (Å²) in [5, 5.41) is 10.3. The van der Waals surface area contributed by atoms with Crippen molar-refractivity contribution in [3.05, 3.63) is 71.9 Å². The van der Waals surface area contributed by atoms with Crippen molar-refractivity contribution in [3.63, 3.8) is 0 Å². The van der Waals surface area contributed by atoms with E-state index in [0.717, 1.165) is 34.2 Å². The third-order valence-corrected chi connectivity index (χ3v) is 4.29. The Morgan fingerprint density at radius 3 is 2.63 bits per heavy atom. The minimum atomic E-state index is -0.943. The second kappa shape index (κ2) is 9.14. The zero-order chi connectivity index (χ0) is 19.1. The Hall–Kier alpha value is -2.92. The molecule has 3 rings (SSSR count). The molecule has 0 bridgehead atoms. The highest BCUT2D eigenvalue weighted by Crippen LogP contribution is 2.16. The molecule has 0 radical (unpaired) electrons. The molecule has 1 aromatic heterocycles. The van der Waals surface area contributed by atoms with E-state index < -0.39 is 12.1 Å². The number of rotatable bonds is 9. The number of hydrogen-bond acceptors (Lipinski definition) is 4. The fraction of sp³-hybridized carbons (Fsp3) is 0.273. The molecule has 1 atom stereocenters. The van der Waals surface area contributed by atoms with Crippen molar-refractivity contribution >= 4 is 16.9 Å². The van der Waals surface area contributed by atoms with Crippen LogP contribution in [0.4, 0.5) is 0 Å². The lowest BCUT2D eigenvalue weighted by molar-refractivity contribution is -0.149. The second-order valence-electron chi connectivity index (χ2n) is 6.27. The van der Waals surface area contributed by atoms with Gasteiger partial charge in [0.2, 0.25) is 0 Å². The van der Waals surface area contributed by atoms with Gasteiger partial charge in [0.25, 0.3) is 0 Å². The fourth-order valence-electron chi connectivity index (χ4n) is 2.89. The Morgan fingerprint density at radius 1 is 1.11 bits per heavy atom. The highest BCUT2D eigenvalue weighted by Gasteiger charge is 2.17. The molecule has 0 aliphatic heterocycles. The van der Waals surface area contributed by atoms with E-state index in [9.17, 15) is 4.79 Å². The first-order chi connectivity index (χ1) is 13.2. The molecule has 0 saturated carbocycles. The summed E-state index contributed by atoms with van der Waals surface area (Å²) in [5.41, 5.74) is 3.03. The Labute approximate surface area is 158 Å². The molecule has 1 N–H and O–H groups in total. The van der Waals surface area contributed by atoms with Crippen LogP contribution in [-0.4, -0.2) is 35.4 Å². The molecule has 2 aromatic carbocycles. The molecule has 1 heterocycles. The number of carboxylic acids is 1. The number of aromatic nitrogens is 1. The maximum atomic E-state index is 11.2. The Bertz CT molecular complexity index is 892. The van der Waals surface area contributed by atoms with Gasteiger partial charge in [-0.3, -0.25) is 4.98 Å². The lowest BCUT2D eigenvalue weighted by Gasteiger charge is -2.13. The number of pyridine rings is 1. The molecule has 0 saturated heterocycles. The summed E-state index contributed by atoms with van der Waals surface area (Å²) in [6.07, 6.45) is 2.17. The maximum absolute atomic E-state index is 11.2. The molecule has 0 aliphatic carbocycles. The van der Waals surface area contributed by atoms with Crippen LogP contribution in [0.1, 0.15) is 18.1 Å². The fourth-order valence-corrected chi connectivity index (χ4v) is 2.89. The number of nitrogens with zero attached hydrogens (tertiary/aromatic N) is 1. The first-order valence-electron chi connectivity index (χ1n) is 9.05. The predicted octanol–water partition coefficient (Wildman–Crippen LogP) is 3.89. The molecule has 0 amide bonds. The van der Waals surface area contributed by atoms with E-state index in [4.69, 9.17) is 14.6 Å². The summed E-state index contributed by atoms with van der Waals surface area (Å²) in [6.45, 7) is 2.72. The number of ether oxygens (including phenoxy) is 2. The normalized spacial score (nSPS) is 12.0. The molecule has 0 spiro atoms. The van der Waals surface area contributed by atoms with Crippen LogP contribution in [0.5, 0.6) is 5.75 Å². The summed E-state index contributed by atoms with van der Waals surface area (Å²) < 4.78 is 11.0. The minimum absolute atomic E-state index is 0.339. The lowest BCUT2D eigenvalue weighted by Crippen LogP contribution is -2.26. The van der Waals surface area contributed by atoms with Crippen molar-refractivity contribution in [2.75, 3.05) is 13.2 Å². The van der Waals surface area contributed by atoms with E-state index in [2.05, 4.69) is 17.1 Å². The first-order valence-corrected chi connectivity index (χ1v) is 9.05. The summed E-state index contributed by atoms with van der Waals surface area (Å²) in [5.74, 6) is -0.183. The number of hydrogen-bond donors (Lipinski definition) is 1. The molecule has 0 fully saturated rings. The van der Waals surface area contributed by atoms with Gasteiger partial charge in [-0.2, -0.15) is 0 Å². The lowest BCUT2D eigenvalue weighted by atomic mass is 10.1. The summed E-state index contributed by atoms with van der Waals surface area (Å²) in [6, 6.07) is 17.6. The van der Waals surface area contributed by atoms with Crippen LogP contribution in [0.15, 0.2) is 60.8 Å². The summed E-state index contributed by atoms with van der Waals surface area (Å²) >= 11 is 0. The summed E-state index contributed by atoms with van der Waals surface area (Å²) in [7, 11) is 0. The Kier molecular flexibility index (Phi) is 6.39. The number of para-hydroxylation sites is 1. The molecule has 140 valence electrons. The Balaban J connectivity index is 1.52. The van der Waals surface area contributed by atoms with Gasteiger partial charge in [0, 0.05) is 31.0 Å². The van der Waals surface area contributed by atoms with Crippen molar-refractivity contribution in [2.24, 2.45) is 0 Å². The highest BCUT2D eigenvalue weighted by molar-refractivity contribution is 5.78. The van der Waals surface area contributed by atoms with Gasteiger partial charge < -0.3 is 14.6 Å². The van der Waals surface area contributed by atoms with Crippen LogP contribution in [0.2, 0.25) is 0 Å². The smallest absolute Gasteiger partial charge is 0.333 e. The van der Waals surface area contributed by atoms with E-state index in [1.807, 2.05) is 48.7 Å². The van der Waals surface area contributed by atoms with Gasteiger partial charge in [0.05, 0.1) is 12.1 Å². The quantitative estimate of drug-likeness (QED) is 0.623. The van der Waals surface area contributed by atoms with E-state index >= 15 is 0 Å². The third kappa shape index (κ3) is 5.28. The molecule has 5 nitrogen and oxygen atoms in total. The topological polar surface area (TPSA) is 68.7 Å². The van der Waals surface area contributed by atoms with E-state index in [1.54, 1.807) is 6.92 Å². The van der Waals surface area contributed by atoms with Crippen molar-refractivity contribution in [3.8, 4) is 5.75 Å². The van der Waals surface area contributed by atoms with E-state index in [0.29, 0.717) is 19.6 Å². The molecule has 0 aliphatic rings. The number of carbonyl (C=O) groups is 1. The van der Waals surface area contributed by atoms with Crippen molar-refractivity contribution in [1.82, 2.24) is 4.98 Å². The molecular weight excluding hydrogens is 342 g/mol. The molecule has 27 heavy (non-hydrogen) atoms. The minimum Gasteiger partial charge on any atom is -0.493 e. The number of carboxylic acid groups (broad SMARTS) is 1. The van der Waals surface area contributed by atoms with Gasteiger partial charge in [-0.25, -0.2) is 4.79 Å². The Morgan fingerprint density at radius 2 is 1.89 bits per heavy atom. The average molecular weight is 365 g/mol. The molecule has 3 aromatic rings. The number of fused-ring (bicyclic) bond motifs is 1. The van der Waals surface area contributed by atoms with Crippen LogP contribution in [0.3, 0.4) is 0 Å². The highest BCUT2D eigenvalue weighted by atomic mass is 16.5. The zero-order valence-electron chi connectivity index (χ0n) is 15.3.